The first-order chi connectivity index (χ1) is 10.8. The van der Waals surface area contributed by atoms with E-state index in [4.69, 9.17) is 10.2 Å². The molecule has 2 aromatic rings. The van der Waals surface area contributed by atoms with Crippen molar-refractivity contribution < 1.29 is 34.5 Å². The van der Waals surface area contributed by atoms with Crippen molar-refractivity contribution in [2.45, 2.75) is 0 Å². The van der Waals surface area contributed by atoms with Crippen LogP contribution in [0.5, 0.6) is 0 Å². The van der Waals surface area contributed by atoms with Gasteiger partial charge in [-0.25, -0.2) is 14.4 Å². The van der Waals surface area contributed by atoms with E-state index in [1.807, 2.05) is 0 Å². The third kappa shape index (κ3) is 2.93. The molecular weight excluding hydrogens is 304 g/mol. The summed E-state index contributed by atoms with van der Waals surface area (Å²) in [7, 11) is 0. The molecular formula is C16H10O7. The molecule has 0 heterocycles. The number of rotatable bonds is 5. The predicted octanol–water partition coefficient (Wildman–Crippen LogP) is 2.01. The zero-order valence-corrected chi connectivity index (χ0v) is 11.5. The first-order valence-corrected chi connectivity index (χ1v) is 6.31. The molecule has 0 atom stereocenters. The van der Waals surface area contributed by atoms with E-state index >= 15 is 0 Å². The maximum absolute atomic E-state index is 12.6. The summed E-state index contributed by atoms with van der Waals surface area (Å²) >= 11 is 0. The predicted molar refractivity (Wildman–Crippen MR) is 77.2 cm³/mol. The molecule has 0 radical (unpaired) electrons. The van der Waals surface area contributed by atoms with Gasteiger partial charge in [-0.2, -0.15) is 0 Å². The van der Waals surface area contributed by atoms with Gasteiger partial charge in [-0.05, 0) is 12.1 Å². The first-order valence-electron chi connectivity index (χ1n) is 6.31. The van der Waals surface area contributed by atoms with E-state index in [2.05, 4.69) is 0 Å². The van der Waals surface area contributed by atoms with Gasteiger partial charge in [0.25, 0.3) is 0 Å². The van der Waals surface area contributed by atoms with Crippen molar-refractivity contribution in [2.75, 3.05) is 0 Å². The highest BCUT2D eigenvalue weighted by Gasteiger charge is 2.26. The quantitative estimate of drug-likeness (QED) is 0.720. The molecule has 7 heteroatoms. The molecule has 0 spiro atoms. The molecule has 0 aliphatic carbocycles. The Bertz CT molecular complexity index is 836. The number of benzene rings is 2. The number of aromatic carboxylic acids is 3. The van der Waals surface area contributed by atoms with Gasteiger partial charge < -0.3 is 15.3 Å². The van der Waals surface area contributed by atoms with E-state index in [1.165, 1.54) is 30.3 Å². The molecule has 0 aliphatic heterocycles. The molecule has 2 rings (SSSR count). The van der Waals surface area contributed by atoms with E-state index in [0.29, 0.717) is 0 Å². The number of hydrogen-bond acceptors (Lipinski definition) is 4. The topological polar surface area (TPSA) is 129 Å². The Balaban J connectivity index is 2.71. The van der Waals surface area contributed by atoms with Crippen LogP contribution in [0.25, 0.3) is 0 Å². The van der Waals surface area contributed by atoms with Gasteiger partial charge in [0.15, 0.2) is 5.78 Å². The van der Waals surface area contributed by atoms with Crippen LogP contribution < -0.4 is 0 Å². The highest BCUT2D eigenvalue weighted by atomic mass is 16.4. The second-order valence-electron chi connectivity index (χ2n) is 4.52. The van der Waals surface area contributed by atoms with Gasteiger partial charge in [0.05, 0.1) is 16.7 Å². The van der Waals surface area contributed by atoms with E-state index in [0.717, 1.165) is 12.1 Å². The minimum absolute atomic E-state index is 0.218. The summed E-state index contributed by atoms with van der Waals surface area (Å²) in [5, 5.41) is 27.4. The molecule has 0 amide bonds. The Morgan fingerprint density at radius 2 is 1.04 bits per heavy atom. The fraction of sp³-hybridized carbons (Fsp3) is 0. The summed E-state index contributed by atoms with van der Waals surface area (Å²) in [6.45, 7) is 0. The third-order valence-corrected chi connectivity index (χ3v) is 3.16. The van der Waals surface area contributed by atoms with Crippen LogP contribution in [-0.2, 0) is 0 Å². The van der Waals surface area contributed by atoms with Crippen molar-refractivity contribution in [1.82, 2.24) is 0 Å². The minimum Gasteiger partial charge on any atom is -0.478 e. The fourth-order valence-electron chi connectivity index (χ4n) is 2.16. The smallest absolute Gasteiger partial charge is 0.337 e. The average molecular weight is 314 g/mol. The Morgan fingerprint density at radius 1 is 0.565 bits per heavy atom. The van der Waals surface area contributed by atoms with Gasteiger partial charge >= 0.3 is 17.9 Å². The van der Waals surface area contributed by atoms with Gasteiger partial charge in [0.2, 0.25) is 0 Å². The summed E-state index contributed by atoms with van der Waals surface area (Å²) in [4.78, 5) is 46.3. The van der Waals surface area contributed by atoms with Crippen LogP contribution in [0.3, 0.4) is 0 Å². The molecule has 7 nitrogen and oxygen atoms in total. The van der Waals surface area contributed by atoms with E-state index in [-0.39, 0.29) is 16.7 Å². The molecule has 0 aliphatic rings. The molecule has 0 aromatic heterocycles. The number of ketones is 1. The average Bonchev–Trinajstić information content (AvgIpc) is 2.53. The SMILES string of the molecule is O=C(O)c1ccccc1C(=O)c1cccc(C(=O)O)c1C(=O)O. The van der Waals surface area contributed by atoms with E-state index < -0.39 is 34.8 Å². The third-order valence-electron chi connectivity index (χ3n) is 3.16. The summed E-state index contributed by atoms with van der Waals surface area (Å²) in [5.41, 5.74) is -2.12. The maximum atomic E-state index is 12.6. The lowest BCUT2D eigenvalue weighted by Crippen LogP contribution is -2.17. The van der Waals surface area contributed by atoms with Crippen LogP contribution in [0.15, 0.2) is 42.5 Å². The highest BCUT2D eigenvalue weighted by molar-refractivity contribution is 6.19. The molecule has 0 saturated heterocycles. The largest absolute Gasteiger partial charge is 0.478 e. The lowest BCUT2D eigenvalue weighted by molar-refractivity contribution is 0.0649. The molecule has 0 unspecified atom stereocenters. The maximum Gasteiger partial charge on any atom is 0.337 e. The number of carbonyl (C=O) groups is 4. The number of carboxylic acids is 3. The van der Waals surface area contributed by atoms with Gasteiger partial charge in [-0.15, -0.1) is 0 Å². The van der Waals surface area contributed by atoms with Crippen LogP contribution >= 0.6 is 0 Å². The lowest BCUT2D eigenvalue weighted by Gasteiger charge is -2.10. The van der Waals surface area contributed by atoms with Crippen LogP contribution in [-0.4, -0.2) is 39.0 Å². The zero-order valence-electron chi connectivity index (χ0n) is 11.5. The molecule has 23 heavy (non-hydrogen) atoms. The van der Waals surface area contributed by atoms with Crippen LogP contribution in [0.1, 0.15) is 47.0 Å². The minimum atomic E-state index is -1.58. The molecule has 0 fully saturated rings. The van der Waals surface area contributed by atoms with Crippen LogP contribution in [0, 0.1) is 0 Å². The van der Waals surface area contributed by atoms with Crippen molar-refractivity contribution in [3.8, 4) is 0 Å². The van der Waals surface area contributed by atoms with Crippen molar-refractivity contribution in [3.63, 3.8) is 0 Å². The zero-order chi connectivity index (χ0) is 17.1. The second kappa shape index (κ2) is 6.10. The van der Waals surface area contributed by atoms with Crippen molar-refractivity contribution >= 4 is 23.7 Å². The van der Waals surface area contributed by atoms with Gasteiger partial charge in [-0.3, -0.25) is 4.79 Å². The Kier molecular flexibility index (Phi) is 4.22. The van der Waals surface area contributed by atoms with Crippen LogP contribution in [0.2, 0.25) is 0 Å². The van der Waals surface area contributed by atoms with Crippen molar-refractivity contribution in [2.24, 2.45) is 0 Å². The molecule has 3 N–H and O–H groups in total. The summed E-state index contributed by atoms with van der Waals surface area (Å²) < 4.78 is 0. The summed E-state index contributed by atoms with van der Waals surface area (Å²) in [6.07, 6.45) is 0. The molecule has 0 saturated carbocycles. The fourth-order valence-corrected chi connectivity index (χ4v) is 2.16. The lowest BCUT2D eigenvalue weighted by atomic mass is 9.92. The van der Waals surface area contributed by atoms with Crippen molar-refractivity contribution in [3.05, 3.63) is 70.3 Å². The number of carboxylic acid groups (broad SMARTS) is 3. The van der Waals surface area contributed by atoms with E-state index in [1.54, 1.807) is 0 Å². The Morgan fingerprint density at radius 3 is 1.57 bits per heavy atom. The van der Waals surface area contributed by atoms with Crippen LogP contribution in [0.4, 0.5) is 0 Å². The van der Waals surface area contributed by atoms with Gasteiger partial charge in [0.1, 0.15) is 0 Å². The summed E-state index contributed by atoms with van der Waals surface area (Å²) in [5.74, 6) is -5.30. The molecule has 2 aromatic carbocycles. The summed E-state index contributed by atoms with van der Waals surface area (Å²) in [6, 6.07) is 8.74. The monoisotopic (exact) mass is 314 g/mol. The standard InChI is InChI=1S/C16H10O7/c17-13(8-4-1-2-5-9(8)14(18)19)10-6-3-7-11(15(20)21)12(10)16(22)23/h1-7H,(H,18,19)(H,20,21)(H,22,23). The second-order valence-corrected chi connectivity index (χ2v) is 4.52. The Hall–Kier alpha value is -3.48. The highest BCUT2D eigenvalue weighted by Crippen LogP contribution is 2.21. The van der Waals surface area contributed by atoms with Gasteiger partial charge in [-0.1, -0.05) is 30.3 Å². The van der Waals surface area contributed by atoms with E-state index in [9.17, 15) is 24.3 Å². The molecule has 116 valence electrons. The number of hydrogen-bond donors (Lipinski definition) is 3. The first kappa shape index (κ1) is 15.9. The van der Waals surface area contributed by atoms with Crippen molar-refractivity contribution in [1.29, 1.82) is 0 Å². The normalized spacial score (nSPS) is 10.1. The van der Waals surface area contributed by atoms with Gasteiger partial charge in [0, 0.05) is 11.1 Å². The number of carbonyl (C=O) groups excluding carboxylic acids is 1. The Labute approximate surface area is 129 Å². The molecule has 0 bridgehead atoms.